The van der Waals surface area contributed by atoms with Crippen molar-refractivity contribution in [2.45, 2.75) is 58.8 Å². The van der Waals surface area contributed by atoms with E-state index in [0.29, 0.717) is 5.75 Å². The number of rotatable bonds is 8. The minimum atomic E-state index is -0.0457. The van der Waals surface area contributed by atoms with E-state index >= 15 is 0 Å². The van der Waals surface area contributed by atoms with E-state index in [1.807, 2.05) is 41.3 Å². The molecule has 0 bridgehead atoms. The standard InChI is InChI=1S/C25H32N2O2S/c1-5-7-10-19(6-2)24(29)26-21-14-12-20(13-15-21)25-27(23(28)16-30-25)22-11-8-9-17(3)18(22)4/h8-9,11-15,19,25H,5-7,10,16H2,1-4H3,(H,26,29). The number of benzene rings is 2. The highest BCUT2D eigenvalue weighted by Gasteiger charge is 2.34. The maximum absolute atomic E-state index is 12.7. The Labute approximate surface area is 184 Å². The summed E-state index contributed by atoms with van der Waals surface area (Å²) in [5, 5.41) is 3.02. The molecule has 2 aromatic carbocycles. The van der Waals surface area contributed by atoms with Crippen LogP contribution >= 0.6 is 11.8 Å². The highest BCUT2D eigenvalue weighted by molar-refractivity contribution is 8.00. The minimum Gasteiger partial charge on any atom is -0.326 e. The Kier molecular flexibility index (Phi) is 7.59. The van der Waals surface area contributed by atoms with Crippen molar-refractivity contribution in [2.75, 3.05) is 16.0 Å². The second-order valence-corrected chi connectivity index (χ2v) is 9.07. The lowest BCUT2D eigenvalue weighted by atomic mass is 9.98. The predicted molar refractivity (Wildman–Crippen MR) is 127 cm³/mol. The molecule has 1 saturated heterocycles. The van der Waals surface area contributed by atoms with Gasteiger partial charge in [-0.15, -0.1) is 11.8 Å². The molecule has 160 valence electrons. The largest absolute Gasteiger partial charge is 0.326 e. The third kappa shape index (κ3) is 4.89. The normalized spacial score (nSPS) is 17.3. The molecule has 1 aliphatic rings. The number of nitrogens with one attached hydrogen (secondary N) is 1. The van der Waals surface area contributed by atoms with Gasteiger partial charge in [-0.1, -0.05) is 51.0 Å². The van der Waals surface area contributed by atoms with Crippen LogP contribution in [0.15, 0.2) is 42.5 Å². The second kappa shape index (κ2) is 10.2. The van der Waals surface area contributed by atoms with Crippen LogP contribution in [0, 0.1) is 19.8 Å². The third-order valence-electron chi connectivity index (χ3n) is 5.94. The van der Waals surface area contributed by atoms with Crippen LogP contribution in [-0.4, -0.2) is 17.6 Å². The molecule has 2 unspecified atom stereocenters. The van der Waals surface area contributed by atoms with E-state index in [1.54, 1.807) is 11.8 Å². The van der Waals surface area contributed by atoms with Gasteiger partial charge in [0.25, 0.3) is 0 Å². The Morgan fingerprint density at radius 2 is 1.90 bits per heavy atom. The molecule has 1 aliphatic heterocycles. The van der Waals surface area contributed by atoms with Gasteiger partial charge in [0.1, 0.15) is 5.37 Å². The summed E-state index contributed by atoms with van der Waals surface area (Å²) in [5.74, 6) is 0.776. The Morgan fingerprint density at radius 1 is 1.17 bits per heavy atom. The highest BCUT2D eigenvalue weighted by atomic mass is 32.2. The van der Waals surface area contributed by atoms with Crippen molar-refractivity contribution in [2.24, 2.45) is 5.92 Å². The number of carbonyl (C=O) groups excluding carboxylic acids is 2. The summed E-state index contributed by atoms with van der Waals surface area (Å²) in [6.07, 6.45) is 3.97. The summed E-state index contributed by atoms with van der Waals surface area (Å²) in [7, 11) is 0. The lowest BCUT2D eigenvalue weighted by Gasteiger charge is -2.26. The molecule has 0 saturated carbocycles. The average molecular weight is 425 g/mol. The van der Waals surface area contributed by atoms with E-state index in [1.165, 1.54) is 5.56 Å². The van der Waals surface area contributed by atoms with Crippen LogP contribution in [0.4, 0.5) is 11.4 Å². The fraction of sp³-hybridized carbons (Fsp3) is 0.440. The fourth-order valence-corrected chi connectivity index (χ4v) is 5.04. The fourth-order valence-electron chi connectivity index (χ4n) is 3.87. The van der Waals surface area contributed by atoms with E-state index in [0.717, 1.165) is 48.2 Å². The summed E-state index contributed by atoms with van der Waals surface area (Å²) >= 11 is 1.65. The van der Waals surface area contributed by atoms with Gasteiger partial charge >= 0.3 is 0 Å². The number of nitrogens with zero attached hydrogens (tertiary/aromatic N) is 1. The number of unbranched alkanes of at least 4 members (excludes halogenated alkanes) is 1. The molecule has 2 aromatic rings. The maximum atomic E-state index is 12.7. The number of amides is 2. The van der Waals surface area contributed by atoms with Gasteiger partial charge < -0.3 is 5.32 Å². The van der Waals surface area contributed by atoms with E-state index < -0.39 is 0 Å². The molecule has 0 radical (unpaired) electrons. The van der Waals surface area contributed by atoms with E-state index in [4.69, 9.17) is 0 Å². The third-order valence-corrected chi connectivity index (χ3v) is 7.15. The van der Waals surface area contributed by atoms with Crippen LogP contribution in [0.2, 0.25) is 0 Å². The van der Waals surface area contributed by atoms with Crippen molar-refractivity contribution in [3.8, 4) is 0 Å². The SMILES string of the molecule is CCCCC(CC)C(=O)Nc1ccc(C2SCC(=O)N2c2cccc(C)c2C)cc1. The van der Waals surface area contributed by atoms with E-state index in [9.17, 15) is 9.59 Å². The molecular weight excluding hydrogens is 392 g/mol. The van der Waals surface area contributed by atoms with Gasteiger partial charge in [-0.3, -0.25) is 14.5 Å². The first-order valence-corrected chi connectivity index (χ1v) is 11.9. The molecule has 1 fully saturated rings. The van der Waals surface area contributed by atoms with Crippen molar-refractivity contribution in [3.63, 3.8) is 0 Å². The summed E-state index contributed by atoms with van der Waals surface area (Å²) in [6.45, 7) is 8.36. The zero-order valence-electron chi connectivity index (χ0n) is 18.4. The quantitative estimate of drug-likeness (QED) is 0.546. The van der Waals surface area contributed by atoms with Gasteiger partial charge in [0, 0.05) is 17.3 Å². The molecule has 0 aliphatic carbocycles. The first-order chi connectivity index (χ1) is 14.5. The van der Waals surface area contributed by atoms with Crippen molar-refractivity contribution < 1.29 is 9.59 Å². The number of hydrogen-bond acceptors (Lipinski definition) is 3. The monoisotopic (exact) mass is 424 g/mol. The Morgan fingerprint density at radius 3 is 2.57 bits per heavy atom. The average Bonchev–Trinajstić information content (AvgIpc) is 3.12. The van der Waals surface area contributed by atoms with Gasteiger partial charge in [-0.05, 0) is 61.6 Å². The van der Waals surface area contributed by atoms with E-state index in [-0.39, 0.29) is 23.1 Å². The molecular formula is C25H32N2O2S. The van der Waals surface area contributed by atoms with Crippen LogP contribution in [0.5, 0.6) is 0 Å². The van der Waals surface area contributed by atoms with Crippen LogP contribution in [0.3, 0.4) is 0 Å². The summed E-state index contributed by atoms with van der Waals surface area (Å²) in [4.78, 5) is 27.2. The number of aryl methyl sites for hydroxylation is 1. The molecule has 1 heterocycles. The van der Waals surface area contributed by atoms with Gasteiger partial charge in [0.15, 0.2) is 0 Å². The zero-order valence-corrected chi connectivity index (χ0v) is 19.2. The van der Waals surface area contributed by atoms with Crippen LogP contribution in [-0.2, 0) is 9.59 Å². The van der Waals surface area contributed by atoms with Gasteiger partial charge in [-0.25, -0.2) is 0 Å². The van der Waals surface area contributed by atoms with Crippen molar-refractivity contribution >= 4 is 35.0 Å². The Hall–Kier alpha value is -2.27. The number of hydrogen-bond donors (Lipinski definition) is 1. The van der Waals surface area contributed by atoms with Crippen molar-refractivity contribution in [1.82, 2.24) is 0 Å². The van der Waals surface area contributed by atoms with Crippen LogP contribution < -0.4 is 10.2 Å². The minimum absolute atomic E-state index is 0.0457. The molecule has 1 N–H and O–H groups in total. The topological polar surface area (TPSA) is 49.4 Å². The maximum Gasteiger partial charge on any atom is 0.238 e. The molecule has 5 heteroatoms. The first-order valence-electron chi connectivity index (χ1n) is 10.9. The summed E-state index contributed by atoms with van der Waals surface area (Å²) < 4.78 is 0. The summed E-state index contributed by atoms with van der Waals surface area (Å²) in [6, 6.07) is 14.0. The van der Waals surface area contributed by atoms with E-state index in [2.05, 4.69) is 39.1 Å². The first kappa shape index (κ1) is 22.4. The number of thioether (sulfide) groups is 1. The molecule has 2 amide bonds. The predicted octanol–water partition coefficient (Wildman–Crippen LogP) is 6.24. The number of carbonyl (C=O) groups is 2. The van der Waals surface area contributed by atoms with Gasteiger partial charge in [0.05, 0.1) is 5.75 Å². The lowest BCUT2D eigenvalue weighted by molar-refractivity contribution is -0.120. The van der Waals surface area contributed by atoms with Crippen molar-refractivity contribution in [1.29, 1.82) is 0 Å². The number of anilines is 2. The van der Waals surface area contributed by atoms with Gasteiger partial charge in [-0.2, -0.15) is 0 Å². The molecule has 4 nitrogen and oxygen atoms in total. The Balaban J connectivity index is 1.76. The highest BCUT2D eigenvalue weighted by Crippen LogP contribution is 2.43. The Bertz CT molecular complexity index is 895. The zero-order chi connectivity index (χ0) is 21.7. The van der Waals surface area contributed by atoms with Crippen LogP contribution in [0.1, 0.15) is 61.6 Å². The van der Waals surface area contributed by atoms with Crippen LogP contribution in [0.25, 0.3) is 0 Å². The second-order valence-electron chi connectivity index (χ2n) is 8.00. The smallest absolute Gasteiger partial charge is 0.238 e. The van der Waals surface area contributed by atoms with Crippen molar-refractivity contribution in [3.05, 3.63) is 59.2 Å². The lowest BCUT2D eigenvalue weighted by Crippen LogP contribution is -2.28. The van der Waals surface area contributed by atoms with Gasteiger partial charge in [0.2, 0.25) is 11.8 Å². The molecule has 0 spiro atoms. The molecule has 0 aromatic heterocycles. The summed E-state index contributed by atoms with van der Waals surface area (Å²) in [5.41, 5.74) is 5.19. The molecule has 3 rings (SSSR count). The molecule has 2 atom stereocenters. The molecule has 30 heavy (non-hydrogen) atoms.